The SMILES string of the molecule is COc1ccccc1N(CC(=O)N=Nc1c(O)[nH]c2ccccc12)S(=O)(=O)c1ccc(C)cc1. The van der Waals surface area contributed by atoms with E-state index in [0.29, 0.717) is 10.9 Å². The smallest absolute Gasteiger partial charge is 0.285 e. The fraction of sp³-hybridized carbons (Fsp3) is 0.125. The fourth-order valence-electron chi connectivity index (χ4n) is 3.45. The summed E-state index contributed by atoms with van der Waals surface area (Å²) >= 11 is 0. The number of nitrogens with one attached hydrogen (secondary N) is 1. The van der Waals surface area contributed by atoms with Gasteiger partial charge in [-0.15, -0.1) is 10.2 Å². The second kappa shape index (κ2) is 9.36. The van der Waals surface area contributed by atoms with Crippen LogP contribution in [0.1, 0.15) is 5.56 Å². The van der Waals surface area contributed by atoms with Gasteiger partial charge in [0.2, 0.25) is 5.88 Å². The van der Waals surface area contributed by atoms with Gasteiger partial charge in [-0.1, -0.05) is 48.0 Å². The van der Waals surface area contributed by atoms with Crippen LogP contribution in [0, 0.1) is 6.92 Å². The molecule has 2 N–H and O–H groups in total. The van der Waals surface area contributed by atoms with Crippen molar-refractivity contribution < 1.29 is 23.1 Å². The van der Waals surface area contributed by atoms with Crippen LogP contribution in [-0.2, 0) is 14.8 Å². The van der Waals surface area contributed by atoms with E-state index < -0.39 is 22.5 Å². The Balaban J connectivity index is 1.71. The third-order valence-corrected chi connectivity index (χ3v) is 6.94. The standard InChI is InChI=1S/C24H22N4O5S/c1-16-11-13-17(14-12-16)34(31,32)28(20-9-5-6-10-21(20)33-2)15-22(29)26-27-23-18-7-3-4-8-19(18)25-24(23)30/h3-14,25,30H,15H2,1-2H3. The van der Waals surface area contributed by atoms with E-state index in [1.165, 1.54) is 19.2 Å². The summed E-state index contributed by atoms with van der Waals surface area (Å²) in [7, 11) is -2.72. The number of methoxy groups -OCH3 is 1. The molecule has 0 unspecified atom stereocenters. The summed E-state index contributed by atoms with van der Waals surface area (Å²) in [6.45, 7) is 1.22. The molecule has 1 heterocycles. The van der Waals surface area contributed by atoms with Crippen molar-refractivity contribution in [1.29, 1.82) is 0 Å². The number of aromatic hydroxyl groups is 1. The molecule has 10 heteroatoms. The second-order valence-electron chi connectivity index (χ2n) is 7.46. The molecule has 0 spiro atoms. The molecule has 4 aromatic rings. The van der Waals surface area contributed by atoms with Gasteiger partial charge in [0.1, 0.15) is 12.3 Å². The number of aryl methyl sites for hydroxylation is 1. The van der Waals surface area contributed by atoms with Crippen LogP contribution in [0.15, 0.2) is 87.9 Å². The van der Waals surface area contributed by atoms with Crippen LogP contribution in [0.3, 0.4) is 0 Å². The zero-order valence-electron chi connectivity index (χ0n) is 18.5. The van der Waals surface area contributed by atoms with Crippen molar-refractivity contribution in [3.05, 3.63) is 78.4 Å². The first-order valence-electron chi connectivity index (χ1n) is 10.3. The number of rotatable bonds is 7. The topological polar surface area (TPSA) is 124 Å². The maximum absolute atomic E-state index is 13.5. The van der Waals surface area contributed by atoms with Crippen molar-refractivity contribution in [2.45, 2.75) is 11.8 Å². The molecule has 0 aliphatic heterocycles. The van der Waals surface area contributed by atoms with Gasteiger partial charge in [0.05, 0.1) is 23.2 Å². The molecule has 3 aromatic carbocycles. The largest absolute Gasteiger partial charge is 0.495 e. The Morgan fingerprint density at radius 1 is 1.03 bits per heavy atom. The van der Waals surface area contributed by atoms with Crippen molar-refractivity contribution in [3.63, 3.8) is 0 Å². The van der Waals surface area contributed by atoms with Gasteiger partial charge in [0.15, 0.2) is 5.69 Å². The number of nitrogens with zero attached hydrogens (tertiary/aromatic N) is 3. The second-order valence-corrected chi connectivity index (χ2v) is 9.32. The molecule has 34 heavy (non-hydrogen) atoms. The first kappa shape index (κ1) is 23.0. The molecule has 1 aromatic heterocycles. The third-order valence-electron chi connectivity index (χ3n) is 5.16. The maximum Gasteiger partial charge on any atom is 0.285 e. The molecule has 0 bridgehead atoms. The fourth-order valence-corrected chi connectivity index (χ4v) is 4.87. The van der Waals surface area contributed by atoms with Gasteiger partial charge in [-0.2, -0.15) is 0 Å². The molecule has 0 fully saturated rings. The first-order valence-corrected chi connectivity index (χ1v) is 11.7. The average molecular weight is 479 g/mol. The molecule has 0 aliphatic carbocycles. The van der Waals surface area contributed by atoms with Gasteiger partial charge in [-0.25, -0.2) is 8.42 Å². The Labute approximate surface area is 196 Å². The maximum atomic E-state index is 13.5. The van der Waals surface area contributed by atoms with Gasteiger partial charge in [0.25, 0.3) is 15.9 Å². The van der Waals surface area contributed by atoms with Crippen molar-refractivity contribution in [2.75, 3.05) is 18.0 Å². The van der Waals surface area contributed by atoms with Crippen molar-refractivity contribution in [2.24, 2.45) is 10.2 Å². The minimum absolute atomic E-state index is 0.0167. The lowest BCUT2D eigenvalue weighted by Crippen LogP contribution is -2.35. The Kier molecular flexibility index (Phi) is 6.33. The summed E-state index contributed by atoms with van der Waals surface area (Å²) in [5, 5.41) is 18.3. The number of azo groups is 1. The molecule has 0 saturated heterocycles. The summed E-state index contributed by atoms with van der Waals surface area (Å²) in [5.41, 5.74) is 1.79. The molecule has 0 saturated carbocycles. The lowest BCUT2D eigenvalue weighted by atomic mass is 10.2. The summed E-state index contributed by atoms with van der Waals surface area (Å²) < 4.78 is 33.3. The van der Waals surface area contributed by atoms with Gasteiger partial charge >= 0.3 is 0 Å². The Morgan fingerprint density at radius 3 is 2.44 bits per heavy atom. The number of amides is 1. The molecule has 1 amide bonds. The lowest BCUT2D eigenvalue weighted by molar-refractivity contribution is -0.116. The van der Waals surface area contributed by atoms with Gasteiger partial charge in [0, 0.05) is 5.39 Å². The van der Waals surface area contributed by atoms with Crippen LogP contribution in [-0.4, -0.2) is 38.1 Å². The molecular weight excluding hydrogens is 456 g/mol. The highest BCUT2D eigenvalue weighted by Crippen LogP contribution is 2.36. The minimum atomic E-state index is -4.14. The molecule has 4 rings (SSSR count). The number of para-hydroxylation sites is 3. The molecule has 0 atom stereocenters. The molecule has 174 valence electrons. The van der Waals surface area contributed by atoms with Gasteiger partial charge < -0.3 is 14.8 Å². The summed E-state index contributed by atoms with van der Waals surface area (Å²) in [6.07, 6.45) is 0. The van der Waals surface area contributed by atoms with Crippen LogP contribution in [0.2, 0.25) is 0 Å². The van der Waals surface area contributed by atoms with E-state index >= 15 is 0 Å². The minimum Gasteiger partial charge on any atom is -0.495 e. The summed E-state index contributed by atoms with van der Waals surface area (Å²) in [5.74, 6) is -0.796. The number of anilines is 1. The number of H-pyrrole nitrogens is 1. The Bertz CT molecular complexity index is 1480. The van der Waals surface area contributed by atoms with E-state index in [4.69, 9.17) is 4.74 Å². The lowest BCUT2D eigenvalue weighted by Gasteiger charge is -2.24. The molecule has 9 nitrogen and oxygen atoms in total. The number of fused-ring (bicyclic) bond motifs is 1. The molecule has 0 aliphatic rings. The van der Waals surface area contributed by atoms with E-state index in [0.717, 1.165) is 9.87 Å². The van der Waals surface area contributed by atoms with Crippen molar-refractivity contribution in [3.8, 4) is 11.6 Å². The highest BCUT2D eigenvalue weighted by molar-refractivity contribution is 7.92. The number of ether oxygens (including phenoxy) is 1. The highest BCUT2D eigenvalue weighted by Gasteiger charge is 2.29. The number of sulfonamides is 1. The number of hydrogen-bond donors (Lipinski definition) is 2. The third kappa shape index (κ3) is 4.48. The van der Waals surface area contributed by atoms with E-state index in [9.17, 15) is 18.3 Å². The number of aromatic amines is 1. The van der Waals surface area contributed by atoms with Crippen LogP contribution < -0.4 is 9.04 Å². The number of hydrogen-bond acceptors (Lipinski definition) is 6. The van der Waals surface area contributed by atoms with Crippen LogP contribution >= 0.6 is 0 Å². The Morgan fingerprint density at radius 2 is 1.71 bits per heavy atom. The van der Waals surface area contributed by atoms with Gasteiger partial charge in [-0.3, -0.25) is 9.10 Å². The molecule has 0 radical (unpaired) electrons. The predicted molar refractivity (Wildman–Crippen MR) is 128 cm³/mol. The summed E-state index contributed by atoms with van der Waals surface area (Å²) in [6, 6.07) is 19.8. The Hall–Kier alpha value is -4.18. The van der Waals surface area contributed by atoms with E-state index in [-0.39, 0.29) is 27.9 Å². The zero-order chi connectivity index (χ0) is 24.3. The number of carbonyl (C=O) groups excluding carboxylic acids is 1. The number of carbonyl (C=O) groups is 1. The summed E-state index contributed by atoms with van der Waals surface area (Å²) in [4.78, 5) is 15.6. The van der Waals surface area contributed by atoms with Gasteiger partial charge in [-0.05, 0) is 37.3 Å². The zero-order valence-corrected chi connectivity index (χ0v) is 19.3. The van der Waals surface area contributed by atoms with Crippen molar-refractivity contribution >= 4 is 38.2 Å². The quantitative estimate of drug-likeness (QED) is 0.373. The van der Waals surface area contributed by atoms with Crippen LogP contribution in [0.5, 0.6) is 11.6 Å². The average Bonchev–Trinajstić information content (AvgIpc) is 3.16. The number of benzene rings is 3. The molecular formula is C24H22N4O5S. The van der Waals surface area contributed by atoms with E-state index in [1.807, 2.05) is 6.92 Å². The monoisotopic (exact) mass is 478 g/mol. The van der Waals surface area contributed by atoms with Crippen molar-refractivity contribution in [1.82, 2.24) is 4.98 Å². The van der Waals surface area contributed by atoms with E-state index in [1.54, 1.807) is 60.7 Å². The normalized spacial score (nSPS) is 11.7. The van der Waals surface area contributed by atoms with E-state index in [2.05, 4.69) is 15.2 Å². The number of aromatic nitrogens is 1. The highest BCUT2D eigenvalue weighted by atomic mass is 32.2. The first-order chi connectivity index (χ1) is 16.3. The predicted octanol–water partition coefficient (Wildman–Crippen LogP) is 4.70. The van der Waals surface area contributed by atoms with Crippen LogP contribution in [0.25, 0.3) is 10.9 Å². The van der Waals surface area contributed by atoms with Crippen LogP contribution in [0.4, 0.5) is 11.4 Å².